The fourth-order valence-electron chi connectivity index (χ4n) is 3.63. The van der Waals surface area contributed by atoms with Gasteiger partial charge in [-0.3, -0.25) is 4.79 Å². The first-order valence-corrected chi connectivity index (χ1v) is 8.30. The van der Waals surface area contributed by atoms with Crippen molar-refractivity contribution in [1.29, 1.82) is 0 Å². The fraction of sp³-hybridized carbons (Fsp3) is 0.611. The number of hydrogen-bond acceptors (Lipinski definition) is 2. The Morgan fingerprint density at radius 1 is 1.10 bits per heavy atom. The van der Waals surface area contributed by atoms with E-state index in [-0.39, 0.29) is 18.1 Å². The Bertz CT molecular complexity index is 512. The molecule has 3 nitrogen and oxygen atoms in total. The normalized spacial score (nSPS) is 25.2. The van der Waals surface area contributed by atoms with Crippen LogP contribution in [0.5, 0.6) is 0 Å². The highest BCUT2D eigenvalue weighted by Crippen LogP contribution is 2.23. The number of aryl methyl sites for hydroxylation is 2. The zero-order valence-corrected chi connectivity index (χ0v) is 12.6. The van der Waals surface area contributed by atoms with Gasteiger partial charge in [-0.05, 0) is 48.8 Å². The predicted octanol–water partition coefficient (Wildman–Crippen LogP) is 2.53. The molecule has 1 aromatic rings. The van der Waals surface area contributed by atoms with Crippen LogP contribution in [-0.4, -0.2) is 23.2 Å². The van der Waals surface area contributed by atoms with Gasteiger partial charge in [-0.25, -0.2) is 0 Å². The molecule has 114 valence electrons. The van der Waals surface area contributed by atoms with E-state index < -0.39 is 0 Å². The third-order valence-corrected chi connectivity index (χ3v) is 4.85. The molecule has 21 heavy (non-hydrogen) atoms. The summed E-state index contributed by atoms with van der Waals surface area (Å²) in [7, 11) is 0. The number of fused-ring (bicyclic) bond motifs is 1. The number of nitrogens with one attached hydrogen (secondary N) is 1. The predicted molar refractivity (Wildman–Crippen MR) is 83.2 cm³/mol. The largest absolute Gasteiger partial charge is 0.391 e. The van der Waals surface area contributed by atoms with Crippen LogP contribution >= 0.6 is 0 Å². The van der Waals surface area contributed by atoms with E-state index in [1.54, 1.807) is 0 Å². The highest BCUT2D eigenvalue weighted by Gasteiger charge is 2.23. The van der Waals surface area contributed by atoms with E-state index in [0.717, 1.165) is 44.1 Å². The summed E-state index contributed by atoms with van der Waals surface area (Å²) in [5, 5.41) is 13.1. The molecule has 0 saturated heterocycles. The van der Waals surface area contributed by atoms with Crippen LogP contribution in [-0.2, 0) is 24.1 Å². The van der Waals surface area contributed by atoms with Crippen molar-refractivity contribution in [1.82, 2.24) is 5.32 Å². The Hall–Kier alpha value is -1.35. The maximum absolute atomic E-state index is 12.2. The minimum atomic E-state index is -0.378. The average Bonchev–Trinajstić information content (AvgIpc) is 2.84. The Kier molecular flexibility index (Phi) is 4.59. The van der Waals surface area contributed by atoms with Gasteiger partial charge in [0.15, 0.2) is 0 Å². The first-order valence-electron chi connectivity index (χ1n) is 8.30. The number of hydrogen-bond donors (Lipinski definition) is 2. The maximum Gasteiger partial charge on any atom is 0.224 e. The second-order valence-electron chi connectivity index (χ2n) is 6.51. The average molecular weight is 287 g/mol. The van der Waals surface area contributed by atoms with E-state index in [1.807, 2.05) is 0 Å². The van der Waals surface area contributed by atoms with Gasteiger partial charge in [-0.1, -0.05) is 37.5 Å². The van der Waals surface area contributed by atoms with Crippen molar-refractivity contribution in [2.24, 2.45) is 0 Å². The highest BCUT2D eigenvalue weighted by molar-refractivity contribution is 5.79. The number of carbonyl (C=O) groups excluding carboxylic acids is 1. The molecule has 2 N–H and O–H groups in total. The van der Waals surface area contributed by atoms with Crippen molar-refractivity contribution >= 4 is 5.91 Å². The standard InChI is InChI=1S/C18H25NO2/c20-17-8-3-1-2-7-16(17)19-18(21)12-13-9-10-14-5-4-6-15(14)11-13/h9-11,16-17,20H,1-8,12H2,(H,19,21). The Balaban J connectivity index is 1.58. The summed E-state index contributed by atoms with van der Waals surface area (Å²) in [6, 6.07) is 6.37. The maximum atomic E-state index is 12.2. The van der Waals surface area contributed by atoms with Crippen molar-refractivity contribution in [3.63, 3.8) is 0 Å². The lowest BCUT2D eigenvalue weighted by molar-refractivity contribution is -0.122. The molecule has 0 spiro atoms. The molecule has 3 heteroatoms. The van der Waals surface area contributed by atoms with E-state index >= 15 is 0 Å². The molecular weight excluding hydrogens is 262 g/mol. The van der Waals surface area contributed by atoms with E-state index in [9.17, 15) is 9.90 Å². The first-order chi connectivity index (χ1) is 10.2. The molecule has 1 fully saturated rings. The van der Waals surface area contributed by atoms with Crippen LogP contribution in [0.25, 0.3) is 0 Å². The van der Waals surface area contributed by atoms with Gasteiger partial charge in [-0.15, -0.1) is 0 Å². The summed E-state index contributed by atoms with van der Waals surface area (Å²) in [6.07, 6.45) is 8.64. The third kappa shape index (κ3) is 3.65. The summed E-state index contributed by atoms with van der Waals surface area (Å²) in [4.78, 5) is 12.2. The van der Waals surface area contributed by atoms with Crippen LogP contribution in [0.2, 0.25) is 0 Å². The lowest BCUT2D eigenvalue weighted by Gasteiger charge is -2.21. The molecule has 1 aromatic carbocycles. The minimum absolute atomic E-state index is 0.0406. The third-order valence-electron chi connectivity index (χ3n) is 4.85. The molecule has 3 rings (SSSR count). The Labute approximate surface area is 126 Å². The molecule has 2 aliphatic rings. The zero-order valence-electron chi connectivity index (χ0n) is 12.6. The van der Waals surface area contributed by atoms with Crippen LogP contribution in [0.15, 0.2) is 18.2 Å². The van der Waals surface area contributed by atoms with Gasteiger partial charge in [0.05, 0.1) is 18.6 Å². The molecule has 1 saturated carbocycles. The van der Waals surface area contributed by atoms with Crippen molar-refractivity contribution in [3.05, 3.63) is 34.9 Å². The molecule has 0 bridgehead atoms. The monoisotopic (exact) mass is 287 g/mol. The van der Waals surface area contributed by atoms with Gasteiger partial charge in [-0.2, -0.15) is 0 Å². The van der Waals surface area contributed by atoms with Crippen molar-refractivity contribution in [2.45, 2.75) is 69.9 Å². The molecule has 1 amide bonds. The minimum Gasteiger partial charge on any atom is -0.391 e. The molecular formula is C18H25NO2. The van der Waals surface area contributed by atoms with Gasteiger partial charge in [0.2, 0.25) is 5.91 Å². The molecule has 2 atom stereocenters. The van der Waals surface area contributed by atoms with E-state index in [1.165, 1.54) is 24.0 Å². The number of carbonyl (C=O) groups is 1. The first kappa shape index (κ1) is 14.6. The summed E-state index contributed by atoms with van der Waals surface area (Å²) < 4.78 is 0. The molecule has 0 aliphatic heterocycles. The van der Waals surface area contributed by atoms with Crippen molar-refractivity contribution in [2.75, 3.05) is 0 Å². The van der Waals surface area contributed by atoms with Crippen LogP contribution in [0.1, 0.15) is 55.2 Å². The number of aliphatic hydroxyl groups is 1. The molecule has 2 unspecified atom stereocenters. The Morgan fingerprint density at radius 3 is 2.81 bits per heavy atom. The van der Waals surface area contributed by atoms with Gasteiger partial charge in [0.1, 0.15) is 0 Å². The fourth-order valence-corrected chi connectivity index (χ4v) is 3.63. The smallest absolute Gasteiger partial charge is 0.224 e. The van der Waals surface area contributed by atoms with E-state index in [2.05, 4.69) is 23.5 Å². The van der Waals surface area contributed by atoms with Crippen molar-refractivity contribution < 1.29 is 9.90 Å². The lowest BCUT2D eigenvalue weighted by Crippen LogP contribution is -2.43. The highest BCUT2D eigenvalue weighted by atomic mass is 16.3. The topological polar surface area (TPSA) is 49.3 Å². The second kappa shape index (κ2) is 6.61. The molecule has 0 aromatic heterocycles. The number of benzene rings is 1. The van der Waals surface area contributed by atoms with Gasteiger partial charge >= 0.3 is 0 Å². The van der Waals surface area contributed by atoms with Crippen LogP contribution < -0.4 is 5.32 Å². The second-order valence-corrected chi connectivity index (χ2v) is 6.51. The Morgan fingerprint density at radius 2 is 1.90 bits per heavy atom. The summed E-state index contributed by atoms with van der Waals surface area (Å²) in [5.74, 6) is 0.0406. The van der Waals surface area contributed by atoms with Crippen molar-refractivity contribution in [3.8, 4) is 0 Å². The summed E-state index contributed by atoms with van der Waals surface area (Å²) in [6.45, 7) is 0. The van der Waals surface area contributed by atoms with Gasteiger partial charge < -0.3 is 10.4 Å². The number of aliphatic hydroxyl groups excluding tert-OH is 1. The quantitative estimate of drug-likeness (QED) is 0.839. The van der Waals surface area contributed by atoms with E-state index in [4.69, 9.17) is 0 Å². The zero-order chi connectivity index (χ0) is 14.7. The summed E-state index contributed by atoms with van der Waals surface area (Å²) >= 11 is 0. The van der Waals surface area contributed by atoms with Crippen LogP contribution in [0, 0.1) is 0 Å². The van der Waals surface area contributed by atoms with Crippen LogP contribution in [0.3, 0.4) is 0 Å². The van der Waals surface area contributed by atoms with E-state index in [0.29, 0.717) is 6.42 Å². The van der Waals surface area contributed by atoms with Gasteiger partial charge in [0.25, 0.3) is 0 Å². The number of rotatable bonds is 3. The van der Waals surface area contributed by atoms with Gasteiger partial charge in [0, 0.05) is 0 Å². The summed E-state index contributed by atoms with van der Waals surface area (Å²) in [5.41, 5.74) is 3.95. The molecule has 0 heterocycles. The molecule has 0 radical (unpaired) electrons. The SMILES string of the molecule is O=C(Cc1ccc2c(c1)CCC2)NC1CCCCCC1O. The molecule has 2 aliphatic carbocycles. The lowest BCUT2D eigenvalue weighted by atomic mass is 10.0. The number of amides is 1. The van der Waals surface area contributed by atoms with Crippen LogP contribution in [0.4, 0.5) is 0 Å².